The first-order valence-electron chi connectivity index (χ1n) is 17.1. The maximum absolute atomic E-state index is 13.6. The second kappa shape index (κ2) is 16.2. The number of aromatic nitrogens is 6. The van der Waals surface area contributed by atoms with Crippen molar-refractivity contribution in [3.05, 3.63) is 119 Å². The van der Waals surface area contributed by atoms with Gasteiger partial charge in [0.1, 0.15) is 46.6 Å². The Labute approximate surface area is 307 Å². The molecule has 0 spiro atoms. The molecule has 0 aliphatic carbocycles. The van der Waals surface area contributed by atoms with Crippen molar-refractivity contribution in [3.8, 4) is 46.0 Å². The van der Waals surface area contributed by atoms with Crippen LogP contribution in [0.25, 0.3) is 23.0 Å². The SMILES string of the molecule is CCn1nc(C)c(OCc2ccccc2)c1-c1nnc(-c2cc(C(C)=O)cc(C(=O)NCc3ccc(OC)cc3OC)n2)n1Cc1ccc(OC)cc1. The van der Waals surface area contributed by atoms with E-state index in [1.54, 1.807) is 39.5 Å². The van der Waals surface area contributed by atoms with Crippen molar-refractivity contribution in [2.75, 3.05) is 21.3 Å². The number of hydrogen-bond acceptors (Lipinski definition) is 10. The standard InChI is InChI=1S/C40H41N7O6/c1-7-47-36(37(25(2)45-47)53-24-28-11-9-8-10-12-28)39-44-43-38(46(39)23-27-13-16-31(50-4)17-14-27)33-19-30(26(3)48)20-34(42-33)40(49)41-22-29-15-18-32(51-5)21-35(29)52-6/h8-21H,7,22-24H2,1-6H3,(H,41,49). The van der Waals surface area contributed by atoms with E-state index < -0.39 is 5.91 Å². The molecule has 0 saturated carbocycles. The van der Waals surface area contributed by atoms with Gasteiger partial charge in [0.25, 0.3) is 5.91 Å². The van der Waals surface area contributed by atoms with Gasteiger partial charge in [0.05, 0.1) is 27.9 Å². The normalized spacial score (nSPS) is 10.9. The summed E-state index contributed by atoms with van der Waals surface area (Å²) in [6, 6.07) is 26.0. The van der Waals surface area contributed by atoms with Crippen molar-refractivity contribution in [1.29, 1.82) is 0 Å². The molecule has 1 N–H and O–H groups in total. The molecule has 6 rings (SSSR count). The van der Waals surface area contributed by atoms with Crippen molar-refractivity contribution in [1.82, 2.24) is 34.8 Å². The molecule has 272 valence electrons. The van der Waals surface area contributed by atoms with Gasteiger partial charge in [0.15, 0.2) is 23.2 Å². The predicted octanol–water partition coefficient (Wildman–Crippen LogP) is 6.32. The highest BCUT2D eigenvalue weighted by Gasteiger charge is 2.27. The Morgan fingerprint density at radius 2 is 1.53 bits per heavy atom. The molecular formula is C40H41N7O6. The summed E-state index contributed by atoms with van der Waals surface area (Å²) in [4.78, 5) is 31.2. The number of nitrogens with zero attached hydrogens (tertiary/aromatic N) is 6. The number of pyridine rings is 1. The predicted molar refractivity (Wildman–Crippen MR) is 198 cm³/mol. The molecule has 0 bridgehead atoms. The quantitative estimate of drug-likeness (QED) is 0.120. The van der Waals surface area contributed by atoms with Crippen LogP contribution >= 0.6 is 0 Å². The van der Waals surface area contributed by atoms with Crippen molar-refractivity contribution < 1.29 is 28.5 Å². The number of aryl methyl sites for hydroxylation is 2. The van der Waals surface area contributed by atoms with E-state index in [4.69, 9.17) is 29.0 Å². The second-order valence-corrected chi connectivity index (χ2v) is 12.2. The summed E-state index contributed by atoms with van der Waals surface area (Å²) in [5.74, 6) is 2.58. The van der Waals surface area contributed by atoms with E-state index in [1.165, 1.54) is 13.0 Å². The van der Waals surface area contributed by atoms with Gasteiger partial charge < -0.3 is 24.3 Å². The molecule has 53 heavy (non-hydrogen) atoms. The van der Waals surface area contributed by atoms with Gasteiger partial charge in [-0.2, -0.15) is 5.10 Å². The highest BCUT2D eigenvalue weighted by molar-refractivity contribution is 5.99. The number of methoxy groups -OCH3 is 3. The molecule has 13 nitrogen and oxygen atoms in total. The number of carbonyl (C=O) groups excluding carboxylic acids is 2. The van der Waals surface area contributed by atoms with Gasteiger partial charge >= 0.3 is 0 Å². The number of amides is 1. The molecule has 0 aliphatic heterocycles. The van der Waals surface area contributed by atoms with Gasteiger partial charge in [-0.1, -0.05) is 42.5 Å². The second-order valence-electron chi connectivity index (χ2n) is 12.2. The molecule has 0 atom stereocenters. The highest BCUT2D eigenvalue weighted by atomic mass is 16.5. The highest BCUT2D eigenvalue weighted by Crippen LogP contribution is 2.35. The van der Waals surface area contributed by atoms with Crippen LogP contribution in [0, 0.1) is 6.92 Å². The van der Waals surface area contributed by atoms with Gasteiger partial charge in [-0.3, -0.25) is 18.8 Å². The van der Waals surface area contributed by atoms with Crippen LogP contribution in [-0.4, -0.2) is 62.5 Å². The van der Waals surface area contributed by atoms with Gasteiger partial charge in [0.2, 0.25) is 0 Å². The van der Waals surface area contributed by atoms with Crippen LogP contribution in [0.3, 0.4) is 0 Å². The fourth-order valence-electron chi connectivity index (χ4n) is 5.87. The third-order valence-corrected chi connectivity index (χ3v) is 8.69. The van der Waals surface area contributed by atoms with Crippen LogP contribution in [0.1, 0.15) is 57.1 Å². The Hall–Kier alpha value is -6.50. The van der Waals surface area contributed by atoms with E-state index in [0.29, 0.717) is 77.0 Å². The molecule has 0 saturated heterocycles. The van der Waals surface area contributed by atoms with E-state index in [0.717, 1.165) is 16.7 Å². The zero-order chi connectivity index (χ0) is 37.5. The summed E-state index contributed by atoms with van der Waals surface area (Å²) in [5, 5.41) is 17.0. The van der Waals surface area contributed by atoms with Gasteiger partial charge in [-0.05, 0) is 68.3 Å². The van der Waals surface area contributed by atoms with Crippen LogP contribution in [-0.2, 0) is 26.2 Å². The lowest BCUT2D eigenvalue weighted by molar-refractivity contribution is 0.0945. The largest absolute Gasteiger partial charge is 0.497 e. The minimum atomic E-state index is -0.482. The fourth-order valence-corrected chi connectivity index (χ4v) is 5.87. The molecule has 3 aromatic carbocycles. The van der Waals surface area contributed by atoms with Crippen molar-refractivity contribution in [2.45, 2.75) is 47.0 Å². The van der Waals surface area contributed by atoms with Crippen molar-refractivity contribution in [3.63, 3.8) is 0 Å². The Morgan fingerprint density at radius 1 is 0.811 bits per heavy atom. The minimum Gasteiger partial charge on any atom is -0.497 e. The average Bonchev–Trinajstić information content (AvgIpc) is 3.75. The smallest absolute Gasteiger partial charge is 0.270 e. The molecule has 0 unspecified atom stereocenters. The lowest BCUT2D eigenvalue weighted by atomic mass is 10.1. The van der Waals surface area contributed by atoms with Gasteiger partial charge in [0, 0.05) is 30.3 Å². The molecule has 0 fully saturated rings. The molecule has 0 aliphatic rings. The maximum Gasteiger partial charge on any atom is 0.270 e. The molecule has 3 aromatic heterocycles. The number of nitrogens with one attached hydrogen (secondary N) is 1. The van der Waals surface area contributed by atoms with Crippen LogP contribution in [0.2, 0.25) is 0 Å². The Balaban J connectivity index is 1.43. The summed E-state index contributed by atoms with van der Waals surface area (Å²) >= 11 is 0. The van der Waals surface area contributed by atoms with Crippen LogP contribution in [0.5, 0.6) is 23.0 Å². The molecular weight excluding hydrogens is 674 g/mol. The molecule has 6 aromatic rings. The zero-order valence-electron chi connectivity index (χ0n) is 30.5. The number of ether oxygens (including phenoxy) is 4. The Bertz CT molecular complexity index is 2230. The number of rotatable bonds is 15. The van der Waals surface area contributed by atoms with Gasteiger partial charge in [-0.25, -0.2) is 4.98 Å². The van der Waals surface area contributed by atoms with Crippen LogP contribution in [0.15, 0.2) is 84.9 Å². The van der Waals surface area contributed by atoms with E-state index in [2.05, 4.69) is 15.5 Å². The molecule has 3 heterocycles. The van der Waals surface area contributed by atoms with Crippen molar-refractivity contribution in [2.24, 2.45) is 0 Å². The van der Waals surface area contributed by atoms with E-state index in [1.807, 2.05) is 83.8 Å². The minimum absolute atomic E-state index is 0.0436. The first-order chi connectivity index (χ1) is 25.7. The third-order valence-electron chi connectivity index (χ3n) is 8.69. The zero-order valence-corrected chi connectivity index (χ0v) is 30.5. The summed E-state index contributed by atoms with van der Waals surface area (Å²) in [5.41, 5.74) is 4.64. The van der Waals surface area contributed by atoms with E-state index in [-0.39, 0.29) is 18.0 Å². The number of benzene rings is 3. The number of hydrogen-bond donors (Lipinski definition) is 1. The first-order valence-corrected chi connectivity index (χ1v) is 17.1. The maximum atomic E-state index is 13.6. The van der Waals surface area contributed by atoms with Crippen molar-refractivity contribution >= 4 is 11.7 Å². The fraction of sp³-hybridized carbons (Fsp3) is 0.250. The third kappa shape index (κ3) is 8.04. The monoisotopic (exact) mass is 715 g/mol. The summed E-state index contributed by atoms with van der Waals surface area (Å²) in [6.07, 6.45) is 0. The van der Waals surface area contributed by atoms with Crippen LogP contribution in [0.4, 0.5) is 0 Å². The summed E-state index contributed by atoms with van der Waals surface area (Å²) in [7, 11) is 4.74. The lowest BCUT2D eigenvalue weighted by Gasteiger charge is -2.15. The topological polar surface area (TPSA) is 145 Å². The number of Topliss-reactive ketones (excluding diaryl/α,β-unsaturated/α-hetero) is 1. The lowest BCUT2D eigenvalue weighted by Crippen LogP contribution is -2.24. The molecule has 13 heteroatoms. The average molecular weight is 716 g/mol. The molecule has 1 amide bonds. The van der Waals surface area contributed by atoms with E-state index in [9.17, 15) is 9.59 Å². The molecule has 0 radical (unpaired) electrons. The first kappa shape index (κ1) is 36.3. The number of carbonyl (C=O) groups is 2. The Kier molecular flexibility index (Phi) is 11.1. The summed E-state index contributed by atoms with van der Waals surface area (Å²) < 4.78 is 26.3. The summed E-state index contributed by atoms with van der Waals surface area (Å²) in [6.45, 7) is 6.66. The van der Waals surface area contributed by atoms with Crippen LogP contribution < -0.4 is 24.3 Å². The Morgan fingerprint density at radius 3 is 2.21 bits per heavy atom. The van der Waals surface area contributed by atoms with Gasteiger partial charge in [-0.15, -0.1) is 10.2 Å². The number of ketones is 1. The van der Waals surface area contributed by atoms with E-state index >= 15 is 0 Å².